The smallest absolute Gasteiger partial charge is 0.135 e. The van der Waals surface area contributed by atoms with Crippen molar-refractivity contribution >= 4 is 67.8 Å². The number of furan rings is 1. The van der Waals surface area contributed by atoms with Crippen LogP contribution in [0, 0.1) is 0 Å². The van der Waals surface area contributed by atoms with E-state index in [0.29, 0.717) is 0 Å². The van der Waals surface area contributed by atoms with Crippen molar-refractivity contribution in [2.24, 2.45) is 0 Å². The minimum atomic E-state index is -1.37. The number of hydrogen-bond acceptors (Lipinski definition) is 1. The fraction of sp³-hybridized carbons (Fsp3) is 0.0857. The number of hydrogen-bond donors (Lipinski definition) is 0. The van der Waals surface area contributed by atoms with Gasteiger partial charge in [0.25, 0.3) is 0 Å². The van der Waals surface area contributed by atoms with Gasteiger partial charge in [-0.3, -0.25) is 0 Å². The third kappa shape index (κ3) is 3.06. The molecule has 2 nitrogen and oxygen atoms in total. The molecule has 2 heterocycles. The predicted octanol–water partition coefficient (Wildman–Crippen LogP) is 9.49. The summed E-state index contributed by atoms with van der Waals surface area (Å²) < 4.78 is 8.56. The van der Waals surface area contributed by atoms with Gasteiger partial charge in [-0.05, 0) is 70.4 Å². The van der Waals surface area contributed by atoms with Crippen molar-refractivity contribution in [2.75, 3.05) is 0 Å². The Morgan fingerprint density at radius 1 is 0.553 bits per heavy atom. The van der Waals surface area contributed by atoms with Gasteiger partial charge >= 0.3 is 0 Å². The summed E-state index contributed by atoms with van der Waals surface area (Å²) in [6.45, 7) is 7.21. The Labute approximate surface area is 222 Å². The molecule has 0 aliphatic carbocycles. The zero-order valence-electron chi connectivity index (χ0n) is 21.7. The first kappa shape index (κ1) is 21.7. The molecule has 0 radical (unpaired) electrons. The fourth-order valence-electron chi connectivity index (χ4n) is 6.15. The normalized spacial score (nSPS) is 12.6. The first-order valence-electron chi connectivity index (χ1n) is 13.3. The molecule has 0 spiro atoms. The van der Waals surface area contributed by atoms with Gasteiger partial charge in [-0.25, -0.2) is 0 Å². The quantitative estimate of drug-likeness (QED) is 0.173. The van der Waals surface area contributed by atoms with Crippen LogP contribution in [0.3, 0.4) is 0 Å². The highest BCUT2D eigenvalue weighted by Crippen LogP contribution is 2.41. The Bertz CT molecular complexity index is 2160. The zero-order valence-corrected chi connectivity index (χ0v) is 22.7. The lowest BCUT2D eigenvalue weighted by molar-refractivity contribution is 0.669. The van der Waals surface area contributed by atoms with E-state index in [1.807, 2.05) is 12.1 Å². The van der Waals surface area contributed by atoms with E-state index in [9.17, 15) is 0 Å². The van der Waals surface area contributed by atoms with Crippen LogP contribution in [0.1, 0.15) is 0 Å². The first-order valence-corrected chi connectivity index (χ1v) is 16.8. The van der Waals surface area contributed by atoms with Crippen LogP contribution < -0.4 is 5.19 Å². The van der Waals surface area contributed by atoms with Crippen molar-refractivity contribution < 1.29 is 4.42 Å². The number of rotatable bonds is 3. The second-order valence-electron chi connectivity index (χ2n) is 11.5. The number of benzene rings is 6. The molecule has 2 aromatic heterocycles. The molecule has 8 aromatic rings. The van der Waals surface area contributed by atoms with Gasteiger partial charge in [0.15, 0.2) is 0 Å². The molecule has 38 heavy (non-hydrogen) atoms. The predicted molar refractivity (Wildman–Crippen MR) is 165 cm³/mol. The van der Waals surface area contributed by atoms with Crippen LogP contribution in [0.25, 0.3) is 71.3 Å². The maximum absolute atomic E-state index is 6.10. The molecule has 0 atom stereocenters. The highest BCUT2D eigenvalue weighted by Gasteiger charge is 2.20. The Morgan fingerprint density at radius 3 is 2.16 bits per heavy atom. The van der Waals surface area contributed by atoms with E-state index in [4.69, 9.17) is 4.42 Å². The van der Waals surface area contributed by atoms with Gasteiger partial charge in [-0.15, -0.1) is 0 Å². The summed E-state index contributed by atoms with van der Waals surface area (Å²) in [7, 11) is -1.37. The summed E-state index contributed by atoms with van der Waals surface area (Å²) in [6.07, 6.45) is 0. The molecule has 0 bridgehead atoms. The van der Waals surface area contributed by atoms with Gasteiger partial charge in [0.1, 0.15) is 11.2 Å². The van der Waals surface area contributed by atoms with Gasteiger partial charge in [0.2, 0.25) is 0 Å². The number of para-hydroxylation sites is 1. The Balaban J connectivity index is 1.42. The van der Waals surface area contributed by atoms with Crippen molar-refractivity contribution in [2.45, 2.75) is 19.6 Å². The molecule has 0 N–H and O–H groups in total. The van der Waals surface area contributed by atoms with Crippen LogP contribution in [0.15, 0.2) is 114 Å². The van der Waals surface area contributed by atoms with E-state index >= 15 is 0 Å². The molecule has 6 aromatic carbocycles. The van der Waals surface area contributed by atoms with Crippen LogP contribution in [0.2, 0.25) is 19.6 Å². The van der Waals surface area contributed by atoms with Crippen LogP contribution in [0.4, 0.5) is 0 Å². The summed E-state index contributed by atoms with van der Waals surface area (Å²) in [5, 5.41) is 9.05. The van der Waals surface area contributed by atoms with Crippen molar-refractivity contribution in [3.05, 3.63) is 109 Å². The third-order valence-corrected chi connectivity index (χ3v) is 10.2. The number of fused-ring (bicyclic) bond motifs is 3. The average molecular weight is 506 g/mol. The van der Waals surface area contributed by atoms with Crippen molar-refractivity contribution in [3.8, 4) is 16.8 Å². The number of aromatic nitrogens is 1. The maximum Gasteiger partial charge on any atom is 0.135 e. The molecule has 0 saturated heterocycles. The van der Waals surface area contributed by atoms with Crippen LogP contribution in [0.5, 0.6) is 0 Å². The Kier molecular flexibility index (Phi) is 4.34. The minimum Gasteiger partial charge on any atom is -0.456 e. The molecule has 182 valence electrons. The summed E-state index contributed by atoms with van der Waals surface area (Å²) in [5.41, 5.74) is 8.01. The van der Waals surface area contributed by atoms with Gasteiger partial charge in [0.05, 0.1) is 19.1 Å². The first-order chi connectivity index (χ1) is 18.5. The second-order valence-corrected chi connectivity index (χ2v) is 16.6. The van der Waals surface area contributed by atoms with E-state index in [0.717, 1.165) is 21.9 Å². The van der Waals surface area contributed by atoms with E-state index in [-0.39, 0.29) is 0 Å². The van der Waals surface area contributed by atoms with E-state index in [2.05, 4.69) is 121 Å². The summed E-state index contributed by atoms with van der Waals surface area (Å²) in [5.74, 6) is 0. The average Bonchev–Trinajstić information content (AvgIpc) is 3.47. The van der Waals surface area contributed by atoms with Crippen LogP contribution >= 0.6 is 0 Å². The maximum atomic E-state index is 6.10. The molecule has 0 saturated carbocycles. The molecule has 8 rings (SSSR count). The standard InChI is InChI=1S/C35H27NOSi/c1-38(2,3)27-16-14-26(15-17-27)36-30-9-6-7-22-11-12-24-19-25(21-31(36)35(24)34(22)30)23-13-18-33-29(20-23)28-8-4-5-10-32(28)37-33/h4-21H,1-3H3. The SMILES string of the molecule is C[Si](C)(C)c1ccc(-n2c3cccc4ccc5cc(-c6ccc7oc8ccccc8c7c6)cc2c5c43)cc1. The van der Waals surface area contributed by atoms with E-state index in [1.54, 1.807) is 0 Å². The monoisotopic (exact) mass is 505 g/mol. The Hall–Kier alpha value is -4.34. The van der Waals surface area contributed by atoms with Gasteiger partial charge < -0.3 is 8.98 Å². The van der Waals surface area contributed by atoms with Crippen molar-refractivity contribution in [3.63, 3.8) is 0 Å². The lowest BCUT2D eigenvalue weighted by Crippen LogP contribution is -2.37. The third-order valence-electron chi connectivity index (χ3n) is 8.10. The summed E-state index contributed by atoms with van der Waals surface area (Å²) in [6, 6.07) is 40.1. The highest BCUT2D eigenvalue weighted by atomic mass is 28.3. The van der Waals surface area contributed by atoms with Crippen molar-refractivity contribution in [1.29, 1.82) is 0 Å². The summed E-state index contributed by atoms with van der Waals surface area (Å²) >= 11 is 0. The largest absolute Gasteiger partial charge is 0.456 e. The minimum absolute atomic E-state index is 0.929. The molecule has 0 fully saturated rings. The summed E-state index contributed by atoms with van der Waals surface area (Å²) in [4.78, 5) is 0. The van der Waals surface area contributed by atoms with Crippen LogP contribution in [-0.4, -0.2) is 12.6 Å². The second kappa shape index (κ2) is 7.59. The van der Waals surface area contributed by atoms with Crippen molar-refractivity contribution in [1.82, 2.24) is 4.57 Å². The van der Waals surface area contributed by atoms with Gasteiger partial charge in [0, 0.05) is 27.2 Å². The molecular weight excluding hydrogens is 478 g/mol. The van der Waals surface area contributed by atoms with E-state index in [1.165, 1.54) is 54.6 Å². The molecule has 0 aliphatic rings. The van der Waals surface area contributed by atoms with E-state index < -0.39 is 8.07 Å². The zero-order chi connectivity index (χ0) is 25.6. The molecule has 0 aliphatic heterocycles. The lowest BCUT2D eigenvalue weighted by Gasteiger charge is -2.17. The molecular formula is C35H27NOSi. The van der Waals surface area contributed by atoms with Crippen LogP contribution in [-0.2, 0) is 0 Å². The lowest BCUT2D eigenvalue weighted by atomic mass is 9.96. The molecule has 0 amide bonds. The van der Waals surface area contributed by atoms with Gasteiger partial charge in [-0.1, -0.05) is 85.5 Å². The Morgan fingerprint density at radius 2 is 1.32 bits per heavy atom. The fourth-order valence-corrected chi connectivity index (χ4v) is 7.32. The molecule has 3 heteroatoms. The van der Waals surface area contributed by atoms with Gasteiger partial charge in [-0.2, -0.15) is 0 Å². The molecule has 0 unspecified atom stereocenters. The topological polar surface area (TPSA) is 18.1 Å². The highest BCUT2D eigenvalue weighted by molar-refractivity contribution is 6.88. The number of nitrogens with zero attached hydrogens (tertiary/aromatic N) is 1.